The van der Waals surface area contributed by atoms with Gasteiger partial charge in [0.25, 0.3) is 0 Å². The third kappa shape index (κ3) is 3.25. The highest BCUT2D eigenvalue weighted by atomic mass is 15.2. The molecule has 0 aromatic heterocycles. The first-order valence-corrected chi connectivity index (χ1v) is 5.83. The standard InChI is InChI=1S/C12H26N2/c1-12(2,3)14(5)10-9-13(4)11-7-6-8-11/h11H,6-10H2,1-5H3. The van der Waals surface area contributed by atoms with Crippen molar-refractivity contribution in [2.75, 3.05) is 27.2 Å². The van der Waals surface area contributed by atoms with Gasteiger partial charge >= 0.3 is 0 Å². The van der Waals surface area contributed by atoms with Gasteiger partial charge in [-0.2, -0.15) is 0 Å². The van der Waals surface area contributed by atoms with Crippen LogP contribution in [0, 0.1) is 0 Å². The van der Waals surface area contributed by atoms with Gasteiger partial charge < -0.3 is 9.80 Å². The summed E-state index contributed by atoms with van der Waals surface area (Å²) >= 11 is 0. The van der Waals surface area contributed by atoms with E-state index >= 15 is 0 Å². The molecule has 1 rings (SSSR count). The van der Waals surface area contributed by atoms with E-state index in [0.29, 0.717) is 5.54 Å². The largest absolute Gasteiger partial charge is 0.302 e. The van der Waals surface area contributed by atoms with Crippen molar-refractivity contribution in [3.8, 4) is 0 Å². The van der Waals surface area contributed by atoms with Crippen LogP contribution in [-0.4, -0.2) is 48.6 Å². The fraction of sp³-hybridized carbons (Fsp3) is 1.00. The predicted octanol–water partition coefficient (Wildman–Crippen LogP) is 2.20. The van der Waals surface area contributed by atoms with Crippen molar-refractivity contribution in [2.45, 2.75) is 51.6 Å². The first-order chi connectivity index (χ1) is 6.41. The van der Waals surface area contributed by atoms with Crippen LogP contribution in [0.4, 0.5) is 0 Å². The van der Waals surface area contributed by atoms with Crippen molar-refractivity contribution in [2.24, 2.45) is 0 Å². The van der Waals surface area contributed by atoms with Gasteiger partial charge in [-0.3, -0.25) is 0 Å². The Hall–Kier alpha value is -0.0800. The second-order valence-electron chi connectivity index (χ2n) is 5.66. The fourth-order valence-corrected chi connectivity index (χ4v) is 1.65. The number of rotatable bonds is 4. The number of nitrogens with zero attached hydrogens (tertiary/aromatic N) is 2. The van der Waals surface area contributed by atoms with Crippen molar-refractivity contribution in [3.05, 3.63) is 0 Å². The lowest BCUT2D eigenvalue weighted by Crippen LogP contribution is -2.45. The number of hydrogen-bond donors (Lipinski definition) is 0. The van der Waals surface area contributed by atoms with Gasteiger partial charge in [0.1, 0.15) is 0 Å². The summed E-state index contributed by atoms with van der Waals surface area (Å²) in [6, 6.07) is 0.878. The molecule has 0 unspecified atom stereocenters. The molecule has 0 atom stereocenters. The summed E-state index contributed by atoms with van der Waals surface area (Å²) in [6.45, 7) is 9.21. The van der Waals surface area contributed by atoms with E-state index in [0.717, 1.165) is 6.04 Å². The van der Waals surface area contributed by atoms with E-state index in [1.807, 2.05) is 0 Å². The van der Waals surface area contributed by atoms with Crippen LogP contribution in [0.2, 0.25) is 0 Å². The molecule has 1 fully saturated rings. The molecule has 2 heteroatoms. The smallest absolute Gasteiger partial charge is 0.0122 e. The predicted molar refractivity (Wildman–Crippen MR) is 62.7 cm³/mol. The average molecular weight is 198 g/mol. The van der Waals surface area contributed by atoms with Gasteiger partial charge in [-0.25, -0.2) is 0 Å². The first kappa shape index (κ1) is 12.0. The lowest BCUT2D eigenvalue weighted by Gasteiger charge is -2.38. The SMILES string of the molecule is CN(CCN(C)C(C)(C)C)C1CCC1. The topological polar surface area (TPSA) is 6.48 Å². The molecular formula is C12H26N2. The summed E-state index contributed by atoms with van der Waals surface area (Å²) in [5, 5.41) is 0. The summed E-state index contributed by atoms with van der Waals surface area (Å²) in [6.07, 6.45) is 4.26. The molecule has 0 aromatic carbocycles. The Kier molecular flexibility index (Phi) is 3.96. The Morgan fingerprint density at radius 3 is 2.00 bits per heavy atom. The zero-order chi connectivity index (χ0) is 10.8. The maximum absolute atomic E-state index is 2.52. The molecule has 0 heterocycles. The molecule has 0 N–H and O–H groups in total. The van der Waals surface area contributed by atoms with Crippen LogP contribution >= 0.6 is 0 Å². The van der Waals surface area contributed by atoms with Gasteiger partial charge in [0.2, 0.25) is 0 Å². The van der Waals surface area contributed by atoms with E-state index in [9.17, 15) is 0 Å². The van der Waals surface area contributed by atoms with Gasteiger partial charge in [-0.1, -0.05) is 6.42 Å². The molecule has 0 bridgehead atoms. The van der Waals surface area contributed by atoms with Gasteiger partial charge in [0.15, 0.2) is 0 Å². The van der Waals surface area contributed by atoms with Crippen LogP contribution in [-0.2, 0) is 0 Å². The molecule has 0 aliphatic heterocycles. The van der Waals surface area contributed by atoms with Crippen LogP contribution in [0.1, 0.15) is 40.0 Å². The third-order valence-corrected chi connectivity index (χ3v) is 3.63. The Bertz CT molecular complexity index is 168. The maximum Gasteiger partial charge on any atom is 0.0122 e. The van der Waals surface area contributed by atoms with Gasteiger partial charge in [-0.15, -0.1) is 0 Å². The Morgan fingerprint density at radius 1 is 1.07 bits per heavy atom. The first-order valence-electron chi connectivity index (χ1n) is 5.83. The summed E-state index contributed by atoms with van der Waals surface area (Å²) in [5.41, 5.74) is 0.306. The summed E-state index contributed by atoms with van der Waals surface area (Å²) < 4.78 is 0. The Balaban J connectivity index is 2.18. The van der Waals surface area contributed by atoms with Crippen molar-refractivity contribution in [1.29, 1.82) is 0 Å². The maximum atomic E-state index is 2.52. The van der Waals surface area contributed by atoms with E-state index in [1.165, 1.54) is 32.4 Å². The quantitative estimate of drug-likeness (QED) is 0.683. The number of hydrogen-bond acceptors (Lipinski definition) is 2. The lowest BCUT2D eigenvalue weighted by molar-refractivity contribution is 0.112. The van der Waals surface area contributed by atoms with E-state index < -0.39 is 0 Å². The highest BCUT2D eigenvalue weighted by Crippen LogP contribution is 2.23. The molecule has 14 heavy (non-hydrogen) atoms. The molecule has 0 spiro atoms. The van der Waals surface area contributed by atoms with Crippen molar-refractivity contribution < 1.29 is 0 Å². The molecular weight excluding hydrogens is 172 g/mol. The Labute approximate surface area is 89.3 Å². The molecule has 0 saturated heterocycles. The molecule has 0 radical (unpaired) electrons. The Morgan fingerprint density at radius 2 is 1.64 bits per heavy atom. The van der Waals surface area contributed by atoms with Crippen molar-refractivity contribution >= 4 is 0 Å². The highest BCUT2D eigenvalue weighted by molar-refractivity contribution is 4.79. The lowest BCUT2D eigenvalue weighted by atomic mass is 9.92. The second kappa shape index (κ2) is 4.63. The van der Waals surface area contributed by atoms with Gasteiger partial charge in [-0.05, 0) is 47.7 Å². The third-order valence-electron chi connectivity index (χ3n) is 3.63. The second-order valence-corrected chi connectivity index (χ2v) is 5.66. The van der Waals surface area contributed by atoms with Gasteiger partial charge in [0, 0.05) is 24.7 Å². The molecule has 2 nitrogen and oxygen atoms in total. The summed E-state index contributed by atoms with van der Waals surface area (Å²) in [4.78, 5) is 4.95. The molecule has 0 amide bonds. The van der Waals surface area contributed by atoms with Gasteiger partial charge in [0.05, 0.1) is 0 Å². The zero-order valence-corrected chi connectivity index (χ0v) is 10.5. The molecule has 0 aromatic rings. The van der Waals surface area contributed by atoms with Crippen molar-refractivity contribution in [3.63, 3.8) is 0 Å². The van der Waals surface area contributed by atoms with Crippen LogP contribution in [0.15, 0.2) is 0 Å². The zero-order valence-electron chi connectivity index (χ0n) is 10.5. The van der Waals surface area contributed by atoms with Crippen LogP contribution in [0.3, 0.4) is 0 Å². The molecule has 1 saturated carbocycles. The number of likely N-dealkylation sites (N-methyl/N-ethyl adjacent to an activating group) is 2. The van der Waals surface area contributed by atoms with Crippen LogP contribution < -0.4 is 0 Å². The summed E-state index contributed by atoms with van der Waals surface area (Å²) in [5.74, 6) is 0. The van der Waals surface area contributed by atoms with Crippen LogP contribution in [0.5, 0.6) is 0 Å². The van der Waals surface area contributed by atoms with Crippen molar-refractivity contribution in [1.82, 2.24) is 9.80 Å². The highest BCUT2D eigenvalue weighted by Gasteiger charge is 2.23. The van der Waals surface area contributed by atoms with Crippen LogP contribution in [0.25, 0.3) is 0 Å². The molecule has 1 aliphatic carbocycles. The van der Waals surface area contributed by atoms with E-state index in [2.05, 4.69) is 44.7 Å². The monoisotopic (exact) mass is 198 g/mol. The molecule has 1 aliphatic rings. The van der Waals surface area contributed by atoms with E-state index in [4.69, 9.17) is 0 Å². The minimum atomic E-state index is 0.306. The minimum absolute atomic E-state index is 0.306. The van der Waals surface area contributed by atoms with E-state index in [-0.39, 0.29) is 0 Å². The molecule has 84 valence electrons. The summed E-state index contributed by atoms with van der Waals surface area (Å²) in [7, 11) is 4.48. The van der Waals surface area contributed by atoms with E-state index in [1.54, 1.807) is 0 Å². The minimum Gasteiger partial charge on any atom is -0.302 e. The normalized spacial score (nSPS) is 19.1. The fourth-order valence-electron chi connectivity index (χ4n) is 1.65. The average Bonchev–Trinajstić information content (AvgIpc) is 1.94.